The fourth-order valence-corrected chi connectivity index (χ4v) is 4.43. The van der Waals surface area contributed by atoms with Gasteiger partial charge in [0.25, 0.3) is 11.8 Å². The highest BCUT2D eigenvalue weighted by atomic mass is 35.5. The number of nitrogens with zero attached hydrogens (tertiary/aromatic N) is 2. The smallest absolute Gasteiger partial charge is 0.261 e. The predicted molar refractivity (Wildman–Crippen MR) is 128 cm³/mol. The molecule has 1 aromatic carbocycles. The number of nitrogens with one attached hydrogen (secondary N) is 2. The highest BCUT2D eigenvalue weighted by Crippen LogP contribution is 2.21. The minimum atomic E-state index is -0.299. The number of carbonyl (C=O) groups excluding carboxylic acids is 3. The van der Waals surface area contributed by atoms with E-state index in [2.05, 4.69) is 15.6 Å². The van der Waals surface area contributed by atoms with Gasteiger partial charge in [-0.1, -0.05) is 29.8 Å². The summed E-state index contributed by atoms with van der Waals surface area (Å²) in [4.78, 5) is 44.2. The number of benzene rings is 1. The molecule has 3 amide bonds. The third kappa shape index (κ3) is 5.97. The Bertz CT molecular complexity index is 1120. The van der Waals surface area contributed by atoms with Gasteiger partial charge < -0.3 is 15.5 Å². The van der Waals surface area contributed by atoms with Crippen LogP contribution in [0, 0.1) is 5.92 Å². The Balaban J connectivity index is 1.31. The first-order valence-corrected chi connectivity index (χ1v) is 11.9. The molecule has 0 spiro atoms. The molecule has 1 atom stereocenters. The van der Waals surface area contributed by atoms with E-state index in [1.807, 2.05) is 23.6 Å². The molecular formula is C24H23ClN4O3S. The topological polar surface area (TPSA) is 91.4 Å². The zero-order valence-corrected chi connectivity index (χ0v) is 19.4. The van der Waals surface area contributed by atoms with Crippen molar-refractivity contribution in [2.75, 3.05) is 18.4 Å². The summed E-state index contributed by atoms with van der Waals surface area (Å²) in [7, 11) is 0. The van der Waals surface area contributed by atoms with Gasteiger partial charge in [0.05, 0.1) is 15.8 Å². The van der Waals surface area contributed by atoms with Crippen molar-refractivity contribution in [2.24, 2.45) is 5.92 Å². The molecule has 7 nitrogen and oxygen atoms in total. The molecule has 3 aromatic rings. The molecule has 2 aromatic heterocycles. The summed E-state index contributed by atoms with van der Waals surface area (Å²) in [5.74, 6) is -0.233. The average Bonchev–Trinajstić information content (AvgIpc) is 3.39. The number of thiophene rings is 1. The van der Waals surface area contributed by atoms with Crippen molar-refractivity contribution in [3.63, 3.8) is 0 Å². The van der Waals surface area contributed by atoms with Gasteiger partial charge in [-0.3, -0.25) is 14.4 Å². The van der Waals surface area contributed by atoms with E-state index in [1.54, 1.807) is 35.2 Å². The molecule has 0 bridgehead atoms. The average molecular weight is 483 g/mol. The van der Waals surface area contributed by atoms with E-state index < -0.39 is 0 Å². The summed E-state index contributed by atoms with van der Waals surface area (Å²) in [6.45, 7) is 1.35. The lowest BCUT2D eigenvalue weighted by molar-refractivity contribution is -0.121. The van der Waals surface area contributed by atoms with E-state index >= 15 is 0 Å². The van der Waals surface area contributed by atoms with Crippen LogP contribution in [0.5, 0.6) is 0 Å². The number of piperidine rings is 1. The Morgan fingerprint density at radius 1 is 1.12 bits per heavy atom. The minimum absolute atomic E-state index is 0.105. The van der Waals surface area contributed by atoms with Crippen molar-refractivity contribution in [1.82, 2.24) is 15.2 Å². The van der Waals surface area contributed by atoms with Gasteiger partial charge in [0, 0.05) is 31.4 Å². The molecule has 9 heteroatoms. The second kappa shape index (κ2) is 10.6. The van der Waals surface area contributed by atoms with Crippen LogP contribution in [0.4, 0.5) is 5.82 Å². The summed E-state index contributed by atoms with van der Waals surface area (Å²) in [6.07, 6.45) is 2.95. The monoisotopic (exact) mass is 482 g/mol. The molecule has 1 aliphatic heterocycles. The van der Waals surface area contributed by atoms with Gasteiger partial charge >= 0.3 is 0 Å². The Morgan fingerprint density at radius 2 is 1.94 bits per heavy atom. The lowest BCUT2D eigenvalue weighted by Gasteiger charge is -2.32. The number of rotatable bonds is 6. The van der Waals surface area contributed by atoms with Crippen molar-refractivity contribution >= 4 is 46.5 Å². The standard InChI is InChI=1S/C24H23ClN4O3S/c25-19-9-10-21(26-14-19)28-22(30)18-3-1-11-29(15-18)24(32)17-7-5-16(6-8-17)13-27-23(31)20-4-2-12-33-20/h2,4-10,12,14,18H,1,3,11,13,15H2,(H,27,31)(H,26,28,30). The fraction of sp³-hybridized carbons (Fsp3) is 0.250. The van der Waals surface area contributed by atoms with Crippen LogP contribution in [0.3, 0.4) is 0 Å². The maximum absolute atomic E-state index is 13.0. The Labute approximate surface area is 200 Å². The first-order valence-electron chi connectivity index (χ1n) is 10.6. The predicted octanol–water partition coefficient (Wildman–Crippen LogP) is 4.22. The van der Waals surface area contributed by atoms with Gasteiger partial charge in [-0.05, 0) is 54.1 Å². The Hall–Kier alpha value is -3.23. The van der Waals surface area contributed by atoms with E-state index in [9.17, 15) is 14.4 Å². The lowest BCUT2D eigenvalue weighted by Crippen LogP contribution is -2.43. The van der Waals surface area contributed by atoms with Crippen LogP contribution in [-0.4, -0.2) is 40.7 Å². The molecule has 3 heterocycles. The zero-order valence-electron chi connectivity index (χ0n) is 17.8. The first kappa shape index (κ1) is 22.9. The SMILES string of the molecule is O=C(NCc1ccc(C(=O)N2CCCC(C(=O)Nc3ccc(Cl)cn3)C2)cc1)c1cccs1. The van der Waals surface area contributed by atoms with Gasteiger partial charge in [0.1, 0.15) is 5.82 Å². The van der Waals surface area contributed by atoms with Crippen molar-refractivity contribution in [3.05, 3.63) is 81.1 Å². The molecule has 0 aliphatic carbocycles. The van der Waals surface area contributed by atoms with Gasteiger partial charge in [0.15, 0.2) is 0 Å². The van der Waals surface area contributed by atoms with Crippen molar-refractivity contribution < 1.29 is 14.4 Å². The van der Waals surface area contributed by atoms with Crippen LogP contribution in [0.2, 0.25) is 5.02 Å². The van der Waals surface area contributed by atoms with Crippen LogP contribution in [0.25, 0.3) is 0 Å². The molecule has 2 N–H and O–H groups in total. The van der Waals surface area contributed by atoms with Gasteiger partial charge in [-0.2, -0.15) is 0 Å². The molecule has 1 unspecified atom stereocenters. The maximum Gasteiger partial charge on any atom is 0.261 e. The lowest BCUT2D eigenvalue weighted by atomic mass is 9.96. The number of anilines is 1. The summed E-state index contributed by atoms with van der Waals surface area (Å²) in [5, 5.41) is 8.03. The van der Waals surface area contributed by atoms with Crippen LogP contribution in [-0.2, 0) is 11.3 Å². The molecule has 4 rings (SSSR count). The van der Waals surface area contributed by atoms with Crippen LogP contribution >= 0.6 is 22.9 Å². The number of amides is 3. The van der Waals surface area contributed by atoms with Crippen molar-refractivity contribution in [3.8, 4) is 0 Å². The molecule has 1 saturated heterocycles. The second-order valence-electron chi connectivity index (χ2n) is 7.80. The fourth-order valence-electron chi connectivity index (χ4n) is 3.68. The highest BCUT2D eigenvalue weighted by molar-refractivity contribution is 7.12. The highest BCUT2D eigenvalue weighted by Gasteiger charge is 2.29. The second-order valence-corrected chi connectivity index (χ2v) is 9.18. The van der Waals surface area contributed by atoms with Crippen LogP contribution < -0.4 is 10.6 Å². The molecular weight excluding hydrogens is 460 g/mol. The molecule has 33 heavy (non-hydrogen) atoms. The number of likely N-dealkylation sites (tertiary alicyclic amines) is 1. The zero-order chi connectivity index (χ0) is 23.2. The number of hydrogen-bond acceptors (Lipinski definition) is 5. The minimum Gasteiger partial charge on any atom is -0.347 e. The normalized spacial score (nSPS) is 15.7. The summed E-state index contributed by atoms with van der Waals surface area (Å²) in [5.41, 5.74) is 1.46. The van der Waals surface area contributed by atoms with Crippen molar-refractivity contribution in [1.29, 1.82) is 0 Å². The number of pyridine rings is 1. The number of aromatic nitrogens is 1. The van der Waals surface area contributed by atoms with E-state index in [4.69, 9.17) is 11.6 Å². The summed E-state index contributed by atoms with van der Waals surface area (Å²) >= 11 is 7.23. The van der Waals surface area contributed by atoms with Crippen LogP contribution in [0.1, 0.15) is 38.4 Å². The number of carbonyl (C=O) groups is 3. The Kier molecular flexibility index (Phi) is 7.36. The van der Waals surface area contributed by atoms with Gasteiger partial charge in [0.2, 0.25) is 5.91 Å². The van der Waals surface area contributed by atoms with Crippen molar-refractivity contribution in [2.45, 2.75) is 19.4 Å². The van der Waals surface area contributed by atoms with E-state index in [1.165, 1.54) is 17.5 Å². The van der Waals surface area contributed by atoms with E-state index in [0.717, 1.165) is 12.0 Å². The third-order valence-corrected chi connectivity index (χ3v) is 6.55. The molecule has 0 radical (unpaired) electrons. The molecule has 0 saturated carbocycles. The molecule has 1 aliphatic rings. The quantitative estimate of drug-likeness (QED) is 0.550. The summed E-state index contributed by atoms with van der Waals surface area (Å²) in [6, 6.07) is 14.1. The maximum atomic E-state index is 13.0. The largest absolute Gasteiger partial charge is 0.347 e. The van der Waals surface area contributed by atoms with Gasteiger partial charge in [-0.25, -0.2) is 4.98 Å². The molecule has 1 fully saturated rings. The van der Waals surface area contributed by atoms with E-state index in [-0.39, 0.29) is 23.6 Å². The molecule has 170 valence electrons. The number of halogens is 1. The third-order valence-electron chi connectivity index (χ3n) is 5.46. The van der Waals surface area contributed by atoms with E-state index in [0.29, 0.717) is 47.3 Å². The number of hydrogen-bond donors (Lipinski definition) is 2. The Morgan fingerprint density at radius 3 is 2.64 bits per heavy atom. The van der Waals surface area contributed by atoms with Crippen LogP contribution in [0.15, 0.2) is 60.1 Å². The first-order chi connectivity index (χ1) is 16.0. The van der Waals surface area contributed by atoms with Gasteiger partial charge in [-0.15, -0.1) is 11.3 Å². The summed E-state index contributed by atoms with van der Waals surface area (Å²) < 4.78 is 0.